The second-order valence-corrected chi connectivity index (χ2v) is 6.59. The van der Waals surface area contributed by atoms with E-state index in [-0.39, 0.29) is 0 Å². The Kier molecular flexibility index (Phi) is 3.95. The van der Waals surface area contributed by atoms with E-state index in [0.29, 0.717) is 22.4 Å². The van der Waals surface area contributed by atoms with Gasteiger partial charge < -0.3 is 0 Å². The maximum Gasteiger partial charge on any atom is 0.334 e. The predicted molar refractivity (Wildman–Crippen MR) is 113 cm³/mol. The molecule has 0 fully saturated rings. The molecule has 0 saturated carbocycles. The first-order valence-corrected chi connectivity index (χ1v) is 9.18. The largest absolute Gasteiger partial charge is 0.334 e. The molecule has 0 saturated heterocycles. The summed E-state index contributed by atoms with van der Waals surface area (Å²) in [5.41, 5.74) is 2.05. The molecule has 6 nitrogen and oxygen atoms in total. The van der Waals surface area contributed by atoms with Gasteiger partial charge in [-0.1, -0.05) is 66.7 Å². The molecule has 29 heavy (non-hydrogen) atoms. The summed E-state index contributed by atoms with van der Waals surface area (Å²) in [4.78, 5) is 29.2. The number of nitrogens with one attached hydrogen (secondary N) is 1. The van der Waals surface area contributed by atoms with Crippen molar-refractivity contribution in [1.29, 1.82) is 0 Å². The molecule has 0 aliphatic carbocycles. The number of hydrogen-bond acceptors (Lipinski definition) is 3. The number of H-pyrrole nitrogens is 1. The van der Waals surface area contributed by atoms with Crippen molar-refractivity contribution >= 4 is 11.0 Å². The van der Waals surface area contributed by atoms with E-state index in [1.54, 1.807) is 28.9 Å². The summed E-state index contributed by atoms with van der Waals surface area (Å²) in [5.74, 6) is 0. The standard InChI is InChI=1S/C23H16N4O2/c28-22-19-20(16-10-4-1-5-11-16)25-27(18-14-8-3-9-15-18)21(19)24-23(29)26(22)17-12-6-2-7-13-17/h1-15H,(H,24,29). The lowest BCUT2D eigenvalue weighted by Gasteiger charge is -2.06. The molecule has 0 spiro atoms. The second-order valence-electron chi connectivity index (χ2n) is 6.59. The van der Waals surface area contributed by atoms with Gasteiger partial charge in [0.1, 0.15) is 11.1 Å². The number of rotatable bonds is 3. The minimum absolute atomic E-state index is 0.364. The van der Waals surface area contributed by atoms with Crippen molar-refractivity contribution in [3.8, 4) is 22.6 Å². The number of aromatic nitrogens is 4. The van der Waals surface area contributed by atoms with Crippen molar-refractivity contribution in [2.75, 3.05) is 0 Å². The van der Waals surface area contributed by atoms with E-state index in [1.807, 2.05) is 66.7 Å². The highest BCUT2D eigenvalue weighted by molar-refractivity contribution is 5.91. The summed E-state index contributed by atoms with van der Waals surface area (Å²) in [7, 11) is 0. The zero-order valence-corrected chi connectivity index (χ0v) is 15.3. The minimum Gasteiger partial charge on any atom is -0.291 e. The van der Waals surface area contributed by atoms with Crippen molar-refractivity contribution < 1.29 is 0 Å². The van der Waals surface area contributed by atoms with Crippen molar-refractivity contribution in [2.24, 2.45) is 0 Å². The fourth-order valence-electron chi connectivity index (χ4n) is 3.46. The van der Waals surface area contributed by atoms with E-state index >= 15 is 0 Å². The maximum atomic E-state index is 13.5. The number of nitrogens with zero attached hydrogens (tertiary/aromatic N) is 3. The fraction of sp³-hybridized carbons (Fsp3) is 0. The third-order valence-corrected chi connectivity index (χ3v) is 4.79. The molecule has 0 aliphatic rings. The monoisotopic (exact) mass is 380 g/mol. The number of para-hydroxylation sites is 2. The first-order chi connectivity index (χ1) is 14.2. The Labute approximate surface area is 165 Å². The van der Waals surface area contributed by atoms with E-state index < -0.39 is 11.2 Å². The van der Waals surface area contributed by atoms with Gasteiger partial charge in [0.05, 0.1) is 11.4 Å². The fourth-order valence-corrected chi connectivity index (χ4v) is 3.46. The van der Waals surface area contributed by atoms with Crippen LogP contribution in [0.2, 0.25) is 0 Å². The summed E-state index contributed by atoms with van der Waals surface area (Å²) in [6.45, 7) is 0. The van der Waals surface area contributed by atoms with Crippen LogP contribution in [0.5, 0.6) is 0 Å². The average Bonchev–Trinajstić information content (AvgIpc) is 3.15. The Morgan fingerprint density at radius 2 is 1.24 bits per heavy atom. The molecule has 0 radical (unpaired) electrons. The van der Waals surface area contributed by atoms with Gasteiger partial charge in [-0.2, -0.15) is 5.10 Å². The van der Waals surface area contributed by atoms with Crippen LogP contribution in [0.25, 0.3) is 33.7 Å². The molecule has 1 N–H and O–H groups in total. The third-order valence-electron chi connectivity index (χ3n) is 4.79. The Hall–Kier alpha value is -4.19. The zero-order valence-electron chi connectivity index (χ0n) is 15.3. The molecule has 6 heteroatoms. The molecular formula is C23H16N4O2. The lowest BCUT2D eigenvalue weighted by molar-refractivity contribution is 0.863. The first kappa shape index (κ1) is 16.9. The van der Waals surface area contributed by atoms with Crippen LogP contribution in [0.3, 0.4) is 0 Å². The molecule has 2 aromatic heterocycles. The van der Waals surface area contributed by atoms with Gasteiger partial charge in [-0.15, -0.1) is 0 Å². The Morgan fingerprint density at radius 1 is 0.690 bits per heavy atom. The van der Waals surface area contributed by atoms with Crippen LogP contribution in [0.4, 0.5) is 0 Å². The third kappa shape index (κ3) is 2.78. The summed E-state index contributed by atoms with van der Waals surface area (Å²) in [6, 6.07) is 27.8. The number of hydrogen-bond donors (Lipinski definition) is 1. The molecule has 0 bridgehead atoms. The van der Waals surface area contributed by atoms with Crippen molar-refractivity contribution in [2.45, 2.75) is 0 Å². The van der Waals surface area contributed by atoms with E-state index in [0.717, 1.165) is 15.8 Å². The van der Waals surface area contributed by atoms with Gasteiger partial charge in [-0.05, 0) is 24.3 Å². The molecule has 5 aromatic rings. The van der Waals surface area contributed by atoms with Crippen molar-refractivity contribution in [3.63, 3.8) is 0 Å². The van der Waals surface area contributed by atoms with E-state index in [2.05, 4.69) is 4.98 Å². The summed E-state index contributed by atoms with van der Waals surface area (Å²) in [6.07, 6.45) is 0. The van der Waals surface area contributed by atoms with Crippen LogP contribution in [0.15, 0.2) is 101 Å². The number of aromatic amines is 1. The average molecular weight is 380 g/mol. The van der Waals surface area contributed by atoms with Crippen LogP contribution in [0, 0.1) is 0 Å². The SMILES string of the molecule is O=c1[nH]c2c(c(-c3ccccc3)nn2-c2ccccc2)c(=O)n1-c1ccccc1. The summed E-state index contributed by atoms with van der Waals surface area (Å²) < 4.78 is 2.75. The molecule has 3 aromatic carbocycles. The molecular weight excluding hydrogens is 364 g/mol. The van der Waals surface area contributed by atoms with Crippen molar-refractivity contribution in [3.05, 3.63) is 112 Å². The highest BCUT2D eigenvalue weighted by atomic mass is 16.2. The lowest BCUT2D eigenvalue weighted by atomic mass is 10.1. The van der Waals surface area contributed by atoms with Gasteiger partial charge in [-0.25, -0.2) is 14.0 Å². The van der Waals surface area contributed by atoms with E-state index in [9.17, 15) is 9.59 Å². The minimum atomic E-state index is -0.509. The zero-order chi connectivity index (χ0) is 19.8. The van der Waals surface area contributed by atoms with Crippen LogP contribution < -0.4 is 11.2 Å². The van der Waals surface area contributed by atoms with Crippen LogP contribution in [0.1, 0.15) is 0 Å². The Morgan fingerprint density at radius 3 is 1.86 bits per heavy atom. The molecule has 0 amide bonds. The smallest absolute Gasteiger partial charge is 0.291 e. The quantitative estimate of drug-likeness (QED) is 0.520. The molecule has 0 aliphatic heterocycles. The molecule has 140 valence electrons. The lowest BCUT2D eigenvalue weighted by Crippen LogP contribution is -2.33. The number of fused-ring (bicyclic) bond motifs is 1. The molecule has 0 atom stereocenters. The second kappa shape index (κ2) is 6.76. The highest BCUT2D eigenvalue weighted by Gasteiger charge is 2.20. The normalized spacial score (nSPS) is 11.0. The summed E-state index contributed by atoms with van der Waals surface area (Å²) >= 11 is 0. The van der Waals surface area contributed by atoms with Crippen LogP contribution >= 0.6 is 0 Å². The number of benzene rings is 3. The van der Waals surface area contributed by atoms with Crippen LogP contribution in [-0.2, 0) is 0 Å². The van der Waals surface area contributed by atoms with E-state index in [4.69, 9.17) is 5.10 Å². The maximum absolute atomic E-state index is 13.5. The van der Waals surface area contributed by atoms with Gasteiger partial charge in [0, 0.05) is 5.56 Å². The van der Waals surface area contributed by atoms with E-state index in [1.165, 1.54) is 0 Å². The van der Waals surface area contributed by atoms with Gasteiger partial charge in [0.15, 0.2) is 5.65 Å². The van der Waals surface area contributed by atoms with Gasteiger partial charge >= 0.3 is 5.69 Å². The first-order valence-electron chi connectivity index (χ1n) is 9.18. The Balaban J connectivity index is 1.91. The summed E-state index contributed by atoms with van der Waals surface area (Å²) in [5, 5.41) is 5.06. The molecule has 2 heterocycles. The van der Waals surface area contributed by atoms with Crippen molar-refractivity contribution in [1.82, 2.24) is 19.3 Å². The van der Waals surface area contributed by atoms with Gasteiger partial charge in [0.25, 0.3) is 5.56 Å². The van der Waals surface area contributed by atoms with Gasteiger partial charge in [-0.3, -0.25) is 9.78 Å². The topological polar surface area (TPSA) is 72.7 Å². The molecule has 0 unspecified atom stereocenters. The van der Waals surface area contributed by atoms with Gasteiger partial charge in [0.2, 0.25) is 0 Å². The predicted octanol–water partition coefficient (Wildman–Crippen LogP) is 3.53. The highest BCUT2D eigenvalue weighted by Crippen LogP contribution is 2.26. The Bertz CT molecular complexity index is 1420. The molecule has 5 rings (SSSR count). The van der Waals surface area contributed by atoms with Crippen LogP contribution in [-0.4, -0.2) is 19.3 Å².